The van der Waals surface area contributed by atoms with Crippen LogP contribution in [0.15, 0.2) is 35.2 Å². The lowest BCUT2D eigenvalue weighted by Gasteiger charge is -2.41. The normalized spacial score (nSPS) is 24.0. The summed E-state index contributed by atoms with van der Waals surface area (Å²) >= 11 is 1.63. The van der Waals surface area contributed by atoms with Crippen LogP contribution >= 0.6 is 11.3 Å². The molecule has 1 saturated heterocycles. The van der Waals surface area contributed by atoms with E-state index in [1.54, 1.807) is 18.4 Å². The Morgan fingerprint density at radius 3 is 2.90 bits per heavy atom. The van der Waals surface area contributed by atoms with Gasteiger partial charge in [-0.3, -0.25) is 9.69 Å². The summed E-state index contributed by atoms with van der Waals surface area (Å²) in [7, 11) is 1.77. The lowest BCUT2D eigenvalue weighted by atomic mass is 9.93. The Bertz CT molecular complexity index is 814. The van der Waals surface area contributed by atoms with Crippen LogP contribution in [0.1, 0.15) is 48.2 Å². The number of fused-ring (bicyclic) bond motifs is 2. The molecule has 1 amide bonds. The maximum absolute atomic E-state index is 13.5. The molecule has 0 saturated carbocycles. The van der Waals surface area contributed by atoms with Crippen molar-refractivity contribution < 1.29 is 14.3 Å². The van der Waals surface area contributed by atoms with E-state index < -0.39 is 0 Å². The Hall–Kier alpha value is -1.96. The fourth-order valence-electron chi connectivity index (χ4n) is 4.60. The number of rotatable bonds is 3. The molecular weight excluding hydrogens is 398 g/mol. The van der Waals surface area contributed by atoms with E-state index in [0.717, 1.165) is 64.0 Å². The number of thiazole rings is 1. The summed E-state index contributed by atoms with van der Waals surface area (Å²) < 4.78 is 11.9. The molecule has 6 nitrogen and oxygen atoms in total. The summed E-state index contributed by atoms with van der Waals surface area (Å²) in [5.41, 5.74) is 3.65. The Morgan fingerprint density at radius 2 is 2.07 bits per heavy atom. The molecule has 1 aromatic carbocycles. The van der Waals surface area contributed by atoms with E-state index in [4.69, 9.17) is 9.47 Å². The van der Waals surface area contributed by atoms with Crippen molar-refractivity contribution in [3.8, 4) is 5.75 Å². The highest BCUT2D eigenvalue weighted by Crippen LogP contribution is 2.29. The van der Waals surface area contributed by atoms with Crippen LogP contribution in [-0.2, 0) is 11.3 Å². The maximum atomic E-state index is 13.5. The number of benzene rings is 1. The standard InChI is InChI=1S/C23H31N3O3S/c1-28-22-10-6-12-26-20(22)8-4-5-11-25(15-18-16-30-17-24-18)13-14-29-21-9-3-2-7-19(21)23(26)27/h2-3,7,9,16-17,20,22H,4-6,8,10-15H2,1H3/t20-,22-/m1/s1. The summed E-state index contributed by atoms with van der Waals surface area (Å²) in [5, 5.41) is 2.11. The van der Waals surface area contributed by atoms with Crippen molar-refractivity contribution in [2.75, 3.05) is 33.4 Å². The van der Waals surface area contributed by atoms with E-state index in [2.05, 4.69) is 15.3 Å². The lowest BCUT2D eigenvalue weighted by molar-refractivity contribution is -0.0155. The molecule has 0 N–H and O–H groups in total. The van der Waals surface area contributed by atoms with Crippen LogP contribution in [0.25, 0.3) is 0 Å². The van der Waals surface area contributed by atoms with Crippen LogP contribution in [0.5, 0.6) is 5.75 Å². The van der Waals surface area contributed by atoms with Crippen LogP contribution in [0, 0.1) is 0 Å². The highest BCUT2D eigenvalue weighted by atomic mass is 32.1. The number of para-hydroxylation sites is 1. The van der Waals surface area contributed by atoms with Gasteiger partial charge < -0.3 is 14.4 Å². The molecule has 7 heteroatoms. The monoisotopic (exact) mass is 429 g/mol. The topological polar surface area (TPSA) is 54.9 Å². The molecule has 30 heavy (non-hydrogen) atoms. The van der Waals surface area contributed by atoms with Crippen molar-refractivity contribution in [1.29, 1.82) is 0 Å². The highest BCUT2D eigenvalue weighted by Gasteiger charge is 2.35. The van der Waals surface area contributed by atoms with E-state index in [1.165, 1.54) is 0 Å². The molecule has 162 valence electrons. The molecule has 2 aliphatic heterocycles. The first-order chi connectivity index (χ1) is 14.8. The Kier molecular flexibility index (Phi) is 7.36. The second kappa shape index (κ2) is 10.4. The molecule has 4 rings (SSSR count). The van der Waals surface area contributed by atoms with Crippen LogP contribution in [-0.4, -0.2) is 66.2 Å². The number of piperidine rings is 1. The third-order valence-electron chi connectivity index (χ3n) is 6.16. The van der Waals surface area contributed by atoms with Crippen molar-refractivity contribution in [1.82, 2.24) is 14.8 Å². The number of ether oxygens (including phenoxy) is 2. The third-order valence-corrected chi connectivity index (χ3v) is 6.79. The molecule has 0 radical (unpaired) electrons. The first-order valence-corrected chi connectivity index (χ1v) is 11.9. The highest BCUT2D eigenvalue weighted by molar-refractivity contribution is 7.07. The predicted octanol–water partition coefficient (Wildman–Crippen LogP) is 3.83. The summed E-state index contributed by atoms with van der Waals surface area (Å²) in [6.07, 6.45) is 5.23. The first kappa shape index (κ1) is 21.3. The molecule has 0 bridgehead atoms. The number of methoxy groups -OCH3 is 1. The molecule has 2 aliphatic rings. The van der Waals surface area contributed by atoms with Gasteiger partial charge in [-0.05, 0) is 44.4 Å². The van der Waals surface area contributed by atoms with Crippen LogP contribution in [0.4, 0.5) is 0 Å². The quantitative estimate of drug-likeness (QED) is 0.742. The van der Waals surface area contributed by atoms with Gasteiger partial charge in [0, 0.05) is 32.1 Å². The van der Waals surface area contributed by atoms with Gasteiger partial charge in [0.25, 0.3) is 5.91 Å². The zero-order chi connectivity index (χ0) is 20.8. The molecule has 0 aliphatic carbocycles. The van der Waals surface area contributed by atoms with Gasteiger partial charge in [-0.15, -0.1) is 11.3 Å². The largest absolute Gasteiger partial charge is 0.491 e. The number of carbonyl (C=O) groups is 1. The van der Waals surface area contributed by atoms with Crippen LogP contribution in [0.3, 0.4) is 0 Å². The predicted molar refractivity (Wildman–Crippen MR) is 118 cm³/mol. The SMILES string of the molecule is CO[C@@H]1CCCN2C(=O)c3ccccc3OCCN(Cc3cscn3)CCCC[C@H]12. The van der Waals surface area contributed by atoms with E-state index in [1.807, 2.05) is 34.7 Å². The molecule has 3 heterocycles. The molecule has 1 aromatic heterocycles. The van der Waals surface area contributed by atoms with Gasteiger partial charge in [0.1, 0.15) is 12.4 Å². The Morgan fingerprint density at radius 1 is 1.17 bits per heavy atom. The van der Waals surface area contributed by atoms with Gasteiger partial charge in [0.2, 0.25) is 0 Å². The van der Waals surface area contributed by atoms with Crippen molar-refractivity contribution in [3.05, 3.63) is 46.4 Å². The minimum atomic E-state index is 0.0657. The van der Waals surface area contributed by atoms with Crippen LogP contribution in [0.2, 0.25) is 0 Å². The molecule has 2 aromatic rings. The lowest BCUT2D eigenvalue weighted by Crippen LogP contribution is -2.51. The van der Waals surface area contributed by atoms with Crippen molar-refractivity contribution in [3.63, 3.8) is 0 Å². The number of amides is 1. The van der Waals surface area contributed by atoms with Gasteiger partial charge in [-0.25, -0.2) is 4.98 Å². The second-order valence-corrected chi connectivity index (χ2v) is 8.80. The number of carbonyl (C=O) groups excluding carboxylic acids is 1. The summed E-state index contributed by atoms with van der Waals surface area (Å²) in [4.78, 5) is 22.4. The third kappa shape index (κ3) is 5.02. The fraction of sp³-hybridized carbons (Fsp3) is 0.565. The summed E-state index contributed by atoms with van der Waals surface area (Å²) in [6.45, 7) is 3.99. The smallest absolute Gasteiger partial charge is 0.257 e. The minimum Gasteiger partial charge on any atom is -0.491 e. The molecular formula is C23H31N3O3S. The van der Waals surface area contributed by atoms with Gasteiger partial charge in [-0.1, -0.05) is 18.6 Å². The van der Waals surface area contributed by atoms with E-state index >= 15 is 0 Å². The summed E-state index contributed by atoms with van der Waals surface area (Å²) in [6, 6.07) is 7.77. The number of nitrogens with zero attached hydrogens (tertiary/aromatic N) is 3. The number of hydrogen-bond donors (Lipinski definition) is 0. The van der Waals surface area contributed by atoms with Gasteiger partial charge in [-0.2, -0.15) is 0 Å². The Labute approximate surface area is 182 Å². The molecule has 2 atom stereocenters. The van der Waals surface area contributed by atoms with Gasteiger partial charge >= 0.3 is 0 Å². The molecule has 0 unspecified atom stereocenters. The maximum Gasteiger partial charge on any atom is 0.257 e. The van der Waals surface area contributed by atoms with Gasteiger partial charge in [0.15, 0.2) is 0 Å². The van der Waals surface area contributed by atoms with Crippen molar-refractivity contribution >= 4 is 17.2 Å². The average molecular weight is 430 g/mol. The van der Waals surface area contributed by atoms with E-state index in [9.17, 15) is 4.79 Å². The van der Waals surface area contributed by atoms with E-state index in [-0.39, 0.29) is 18.1 Å². The first-order valence-electron chi connectivity index (χ1n) is 10.9. The molecule has 0 spiro atoms. The van der Waals surface area contributed by atoms with Crippen molar-refractivity contribution in [2.45, 2.75) is 50.8 Å². The van der Waals surface area contributed by atoms with Gasteiger partial charge in [0.05, 0.1) is 28.9 Å². The van der Waals surface area contributed by atoms with E-state index in [0.29, 0.717) is 17.9 Å². The van der Waals surface area contributed by atoms with Crippen LogP contribution < -0.4 is 4.74 Å². The Balaban J connectivity index is 1.56. The number of aromatic nitrogens is 1. The summed E-state index contributed by atoms with van der Waals surface area (Å²) in [5.74, 6) is 0.740. The number of hydrogen-bond acceptors (Lipinski definition) is 6. The molecule has 1 fully saturated rings. The second-order valence-electron chi connectivity index (χ2n) is 8.08. The minimum absolute atomic E-state index is 0.0657. The average Bonchev–Trinajstić information content (AvgIpc) is 3.29. The van der Waals surface area contributed by atoms with Crippen molar-refractivity contribution in [2.24, 2.45) is 0 Å². The zero-order valence-corrected chi connectivity index (χ0v) is 18.5. The zero-order valence-electron chi connectivity index (χ0n) is 17.7. The fourth-order valence-corrected chi connectivity index (χ4v) is 5.15.